The Balaban J connectivity index is 1.42. The molecular weight excluding hydrogens is 494 g/mol. The first-order chi connectivity index (χ1) is 18.8. The van der Waals surface area contributed by atoms with Gasteiger partial charge in [-0.25, -0.2) is 14.8 Å². The maximum absolute atomic E-state index is 13.1. The van der Waals surface area contributed by atoms with Gasteiger partial charge in [0.1, 0.15) is 17.6 Å². The van der Waals surface area contributed by atoms with E-state index in [0.29, 0.717) is 46.9 Å². The lowest BCUT2D eigenvalue weighted by molar-refractivity contribution is -0.139. The summed E-state index contributed by atoms with van der Waals surface area (Å²) in [6, 6.07) is 15.3. The predicted molar refractivity (Wildman–Crippen MR) is 146 cm³/mol. The average Bonchev–Trinajstić information content (AvgIpc) is 3.40. The summed E-state index contributed by atoms with van der Waals surface area (Å²) in [7, 11) is 0. The van der Waals surface area contributed by atoms with Gasteiger partial charge in [0.25, 0.3) is 5.91 Å². The summed E-state index contributed by atoms with van der Waals surface area (Å²) in [6.07, 6.45) is 4.03. The van der Waals surface area contributed by atoms with E-state index >= 15 is 0 Å². The van der Waals surface area contributed by atoms with Gasteiger partial charge in [-0.2, -0.15) is 5.26 Å². The number of amides is 1. The number of aromatic nitrogens is 2. The van der Waals surface area contributed by atoms with E-state index in [1.807, 2.05) is 26.0 Å². The third-order valence-corrected chi connectivity index (χ3v) is 6.31. The van der Waals surface area contributed by atoms with Crippen LogP contribution >= 0.6 is 0 Å². The number of rotatable bonds is 10. The summed E-state index contributed by atoms with van der Waals surface area (Å²) >= 11 is 0. The number of oxazole rings is 1. The molecule has 1 atom stereocenters. The number of hydrogen-bond donors (Lipinski definition) is 3. The molecule has 3 N–H and O–H groups in total. The van der Waals surface area contributed by atoms with Crippen LogP contribution in [0.3, 0.4) is 0 Å². The number of nitrogens with zero attached hydrogens (tertiary/aromatic N) is 3. The van der Waals surface area contributed by atoms with E-state index in [2.05, 4.69) is 26.7 Å². The van der Waals surface area contributed by atoms with Crippen LogP contribution in [0.25, 0.3) is 11.5 Å². The Labute approximate surface area is 226 Å². The van der Waals surface area contributed by atoms with Crippen LogP contribution in [0.15, 0.2) is 65.3 Å². The number of carboxylic acid groups (broad SMARTS) is 1. The molecular formula is C30H29N5O4. The molecule has 0 aliphatic heterocycles. The Hall–Kier alpha value is -4.97. The highest BCUT2D eigenvalue weighted by atomic mass is 16.4. The van der Waals surface area contributed by atoms with Crippen molar-refractivity contribution in [3.05, 3.63) is 100 Å². The van der Waals surface area contributed by atoms with Gasteiger partial charge in [0.2, 0.25) is 5.89 Å². The topological polar surface area (TPSA) is 141 Å². The zero-order valence-electron chi connectivity index (χ0n) is 22.0. The molecule has 2 heterocycles. The normalized spacial score (nSPS) is 11.4. The minimum absolute atomic E-state index is 0.0996. The fraction of sp³-hybridized carbons (Fsp3) is 0.233. The molecule has 39 heavy (non-hydrogen) atoms. The van der Waals surface area contributed by atoms with E-state index in [9.17, 15) is 20.0 Å². The minimum Gasteiger partial charge on any atom is -0.480 e. The molecule has 0 fully saturated rings. The van der Waals surface area contributed by atoms with Crippen molar-refractivity contribution in [3.63, 3.8) is 0 Å². The van der Waals surface area contributed by atoms with Crippen molar-refractivity contribution in [2.45, 2.75) is 46.2 Å². The van der Waals surface area contributed by atoms with Gasteiger partial charge < -0.3 is 20.2 Å². The quantitative estimate of drug-likeness (QED) is 0.269. The fourth-order valence-corrected chi connectivity index (χ4v) is 4.31. The Kier molecular flexibility index (Phi) is 8.37. The molecule has 0 radical (unpaired) electrons. The van der Waals surface area contributed by atoms with Gasteiger partial charge in [-0.1, -0.05) is 19.1 Å². The first-order valence-electron chi connectivity index (χ1n) is 12.5. The summed E-state index contributed by atoms with van der Waals surface area (Å²) in [5, 5.41) is 24.9. The second-order valence-electron chi connectivity index (χ2n) is 9.26. The zero-order valence-corrected chi connectivity index (χ0v) is 22.0. The van der Waals surface area contributed by atoms with E-state index in [1.54, 1.807) is 55.7 Å². The lowest BCUT2D eigenvalue weighted by atomic mass is 9.95. The third-order valence-electron chi connectivity index (χ3n) is 6.31. The highest BCUT2D eigenvalue weighted by Crippen LogP contribution is 2.22. The number of carboxylic acids is 1. The van der Waals surface area contributed by atoms with Gasteiger partial charge in [-0.3, -0.25) is 4.79 Å². The van der Waals surface area contributed by atoms with Gasteiger partial charge in [0.15, 0.2) is 0 Å². The van der Waals surface area contributed by atoms with Gasteiger partial charge in [0, 0.05) is 23.7 Å². The molecule has 1 amide bonds. The number of nitriles is 1. The van der Waals surface area contributed by atoms with Crippen molar-refractivity contribution in [2.75, 3.05) is 5.32 Å². The van der Waals surface area contributed by atoms with Crippen LogP contribution < -0.4 is 10.6 Å². The van der Waals surface area contributed by atoms with Crippen molar-refractivity contribution in [1.29, 1.82) is 5.26 Å². The Bertz CT molecular complexity index is 1540. The van der Waals surface area contributed by atoms with E-state index in [0.717, 1.165) is 22.5 Å². The molecule has 0 spiro atoms. The molecule has 4 aromatic rings. The molecule has 9 nitrogen and oxygen atoms in total. The number of hydrogen-bond acceptors (Lipinski definition) is 7. The van der Waals surface area contributed by atoms with Crippen molar-refractivity contribution in [3.8, 4) is 17.5 Å². The van der Waals surface area contributed by atoms with E-state index < -0.39 is 17.9 Å². The molecule has 4 rings (SSSR count). The number of pyridine rings is 1. The van der Waals surface area contributed by atoms with Crippen LogP contribution in [0.1, 0.15) is 50.9 Å². The average molecular weight is 524 g/mol. The first kappa shape index (κ1) is 27.1. The molecule has 2 aromatic heterocycles. The van der Waals surface area contributed by atoms with Crippen LogP contribution in [0.4, 0.5) is 5.82 Å². The number of aliphatic carboxylic acids is 1. The number of nitrogens with one attached hydrogen (secondary N) is 2. The van der Waals surface area contributed by atoms with Crippen molar-refractivity contribution < 1.29 is 19.1 Å². The number of benzene rings is 2. The Morgan fingerprint density at radius 1 is 1.10 bits per heavy atom. The second kappa shape index (κ2) is 12.0. The molecule has 198 valence electrons. The summed E-state index contributed by atoms with van der Waals surface area (Å²) in [5.41, 5.74) is 4.79. The molecule has 9 heteroatoms. The van der Waals surface area contributed by atoms with E-state index in [4.69, 9.17) is 4.42 Å². The summed E-state index contributed by atoms with van der Waals surface area (Å²) in [4.78, 5) is 33.7. The van der Waals surface area contributed by atoms with Crippen LogP contribution in [0, 0.1) is 25.2 Å². The standard InChI is InChI=1S/C30H29N5O4/c1-4-22-13-21(15-31)12-19(3)27(22)28(36)35-25(30(37)38)14-20-5-7-23(8-6-20)29-34-17-24(39-29)16-33-26-11-18(2)9-10-32-26/h5-13,17,25H,4,14,16H2,1-3H3,(H,32,33)(H,35,36)(H,37,38). The Morgan fingerprint density at radius 2 is 1.87 bits per heavy atom. The number of carbonyl (C=O) groups excluding carboxylic acids is 1. The highest BCUT2D eigenvalue weighted by Gasteiger charge is 2.24. The lowest BCUT2D eigenvalue weighted by Gasteiger charge is -2.18. The minimum atomic E-state index is -1.13. The number of anilines is 1. The molecule has 1 unspecified atom stereocenters. The molecule has 0 bridgehead atoms. The monoisotopic (exact) mass is 523 g/mol. The molecule has 0 aliphatic carbocycles. The van der Waals surface area contributed by atoms with Gasteiger partial charge in [-0.15, -0.1) is 0 Å². The maximum Gasteiger partial charge on any atom is 0.326 e. The van der Waals surface area contributed by atoms with E-state index in [-0.39, 0.29) is 6.42 Å². The number of aryl methyl sites for hydroxylation is 3. The largest absolute Gasteiger partial charge is 0.480 e. The second-order valence-corrected chi connectivity index (χ2v) is 9.26. The van der Waals surface area contributed by atoms with E-state index in [1.165, 1.54) is 0 Å². The van der Waals surface area contributed by atoms with Crippen LogP contribution in [0.2, 0.25) is 0 Å². The lowest BCUT2D eigenvalue weighted by Crippen LogP contribution is -2.42. The van der Waals surface area contributed by atoms with Crippen molar-refractivity contribution >= 4 is 17.7 Å². The smallest absolute Gasteiger partial charge is 0.326 e. The van der Waals surface area contributed by atoms with Gasteiger partial charge in [-0.05, 0) is 78.9 Å². The highest BCUT2D eigenvalue weighted by molar-refractivity contribution is 5.99. The van der Waals surface area contributed by atoms with Gasteiger partial charge >= 0.3 is 5.97 Å². The molecule has 0 aliphatic rings. The van der Waals surface area contributed by atoms with Crippen LogP contribution in [-0.4, -0.2) is 33.0 Å². The molecule has 0 saturated heterocycles. The molecule has 0 saturated carbocycles. The number of carbonyl (C=O) groups is 2. The third kappa shape index (κ3) is 6.67. The Morgan fingerprint density at radius 3 is 2.54 bits per heavy atom. The summed E-state index contributed by atoms with van der Waals surface area (Å²) in [6.45, 7) is 6.05. The predicted octanol–water partition coefficient (Wildman–Crippen LogP) is 4.83. The van der Waals surface area contributed by atoms with Crippen molar-refractivity contribution in [1.82, 2.24) is 15.3 Å². The van der Waals surface area contributed by atoms with Crippen LogP contribution in [-0.2, 0) is 24.2 Å². The summed E-state index contributed by atoms with van der Waals surface area (Å²) < 4.78 is 5.86. The molecule has 2 aromatic carbocycles. The zero-order chi connectivity index (χ0) is 27.9. The summed E-state index contributed by atoms with van der Waals surface area (Å²) in [5.74, 6) is 0.236. The van der Waals surface area contributed by atoms with Crippen LogP contribution in [0.5, 0.6) is 0 Å². The van der Waals surface area contributed by atoms with Crippen molar-refractivity contribution in [2.24, 2.45) is 0 Å². The SMILES string of the molecule is CCc1cc(C#N)cc(C)c1C(=O)NC(Cc1ccc(-c2ncc(CNc3cc(C)ccn3)o2)cc1)C(=O)O. The maximum atomic E-state index is 13.1. The first-order valence-corrected chi connectivity index (χ1v) is 12.5. The van der Waals surface area contributed by atoms with Gasteiger partial charge in [0.05, 0.1) is 24.4 Å². The fourth-order valence-electron chi connectivity index (χ4n) is 4.31.